The van der Waals surface area contributed by atoms with Crippen LogP contribution < -0.4 is 9.64 Å². The highest BCUT2D eigenvalue weighted by Crippen LogP contribution is 2.29. The Morgan fingerprint density at radius 3 is 2.58 bits per heavy atom. The molecule has 1 atom stereocenters. The van der Waals surface area contributed by atoms with Gasteiger partial charge in [-0.05, 0) is 39.1 Å². The molecule has 0 radical (unpaired) electrons. The van der Waals surface area contributed by atoms with E-state index in [2.05, 4.69) is 26.8 Å². The highest BCUT2D eigenvalue weighted by Gasteiger charge is 2.30. The summed E-state index contributed by atoms with van der Waals surface area (Å²) < 4.78 is 5.51. The van der Waals surface area contributed by atoms with Crippen molar-refractivity contribution >= 4 is 11.6 Å². The second-order valence-electron chi connectivity index (χ2n) is 7.57. The molecule has 0 aliphatic carbocycles. The van der Waals surface area contributed by atoms with Crippen molar-refractivity contribution in [2.24, 2.45) is 0 Å². The van der Waals surface area contributed by atoms with Crippen molar-refractivity contribution in [3.63, 3.8) is 0 Å². The first-order valence-corrected chi connectivity index (χ1v) is 9.63. The predicted molar refractivity (Wildman–Crippen MR) is 105 cm³/mol. The summed E-state index contributed by atoms with van der Waals surface area (Å²) in [6.07, 6.45) is 2.30. The van der Waals surface area contributed by atoms with Crippen LogP contribution in [0.4, 0.5) is 5.69 Å². The summed E-state index contributed by atoms with van der Waals surface area (Å²) >= 11 is 0. The third-order valence-electron chi connectivity index (χ3n) is 5.46. The second kappa shape index (κ2) is 8.73. The zero-order valence-corrected chi connectivity index (χ0v) is 16.4. The van der Waals surface area contributed by atoms with Crippen LogP contribution in [0.15, 0.2) is 24.3 Å². The number of likely N-dealkylation sites (N-methyl/N-ethyl adjacent to an activating group) is 1. The second-order valence-corrected chi connectivity index (χ2v) is 7.57. The van der Waals surface area contributed by atoms with Crippen LogP contribution in [0.3, 0.4) is 0 Å². The summed E-state index contributed by atoms with van der Waals surface area (Å²) in [5, 5.41) is 0. The molecule has 2 saturated heterocycles. The minimum absolute atomic E-state index is 0.257. The zero-order valence-electron chi connectivity index (χ0n) is 16.4. The Labute approximate surface area is 157 Å². The van der Waals surface area contributed by atoms with Gasteiger partial charge in [0.05, 0.1) is 19.3 Å². The fourth-order valence-corrected chi connectivity index (χ4v) is 4.07. The summed E-state index contributed by atoms with van der Waals surface area (Å²) in [4.78, 5) is 21.4. The number of hydrogen-bond donors (Lipinski definition) is 0. The average Bonchev–Trinajstić information content (AvgIpc) is 2.67. The van der Waals surface area contributed by atoms with E-state index in [0.29, 0.717) is 12.6 Å². The molecule has 26 heavy (non-hydrogen) atoms. The number of nitrogens with zero attached hydrogens (tertiary/aromatic N) is 4. The largest absolute Gasteiger partial charge is 0.495 e. The summed E-state index contributed by atoms with van der Waals surface area (Å²) in [5.74, 6) is 1.20. The van der Waals surface area contributed by atoms with Crippen LogP contribution in [0.25, 0.3) is 0 Å². The topological polar surface area (TPSA) is 39.3 Å². The van der Waals surface area contributed by atoms with Gasteiger partial charge in [0.2, 0.25) is 5.91 Å². The Hall–Kier alpha value is -1.79. The van der Waals surface area contributed by atoms with E-state index in [1.165, 1.54) is 12.1 Å². The smallest absolute Gasteiger partial charge is 0.236 e. The normalized spacial score (nSPS) is 21.9. The molecular formula is C20H32N4O2. The van der Waals surface area contributed by atoms with Crippen LogP contribution in [-0.4, -0.2) is 93.7 Å². The average molecular weight is 361 g/mol. The molecule has 144 valence electrons. The van der Waals surface area contributed by atoms with Gasteiger partial charge in [-0.2, -0.15) is 0 Å². The number of methoxy groups -OCH3 is 1. The number of anilines is 1. The first-order chi connectivity index (χ1) is 12.6. The Balaban J connectivity index is 1.55. The number of carbonyl (C=O) groups excluding carboxylic acids is 1. The van der Waals surface area contributed by atoms with Gasteiger partial charge in [0.15, 0.2) is 0 Å². The summed E-state index contributed by atoms with van der Waals surface area (Å²) in [7, 11) is 5.64. The lowest BCUT2D eigenvalue weighted by Crippen LogP contribution is -2.56. The highest BCUT2D eigenvalue weighted by molar-refractivity contribution is 5.78. The first kappa shape index (κ1) is 19.0. The Morgan fingerprint density at radius 2 is 1.88 bits per heavy atom. The van der Waals surface area contributed by atoms with E-state index in [0.717, 1.165) is 51.4 Å². The van der Waals surface area contributed by atoms with Crippen LogP contribution in [0, 0.1) is 0 Å². The number of ether oxygens (including phenoxy) is 1. The highest BCUT2D eigenvalue weighted by atomic mass is 16.5. The number of para-hydroxylation sites is 2. The molecule has 0 spiro atoms. The molecule has 2 fully saturated rings. The summed E-state index contributed by atoms with van der Waals surface area (Å²) in [5.41, 5.74) is 1.18. The molecule has 2 aliphatic rings. The van der Waals surface area contributed by atoms with E-state index >= 15 is 0 Å². The van der Waals surface area contributed by atoms with Crippen molar-refractivity contribution in [3.05, 3.63) is 24.3 Å². The molecule has 0 saturated carbocycles. The molecule has 1 amide bonds. The van der Waals surface area contributed by atoms with E-state index in [4.69, 9.17) is 4.74 Å². The van der Waals surface area contributed by atoms with Crippen LogP contribution in [-0.2, 0) is 4.79 Å². The fourth-order valence-electron chi connectivity index (χ4n) is 4.07. The lowest BCUT2D eigenvalue weighted by atomic mass is 10.0. The number of piperazine rings is 1. The van der Waals surface area contributed by atoms with Crippen molar-refractivity contribution in [2.75, 3.05) is 71.9 Å². The molecule has 6 heteroatoms. The van der Waals surface area contributed by atoms with Gasteiger partial charge in [0.25, 0.3) is 0 Å². The van der Waals surface area contributed by atoms with Crippen molar-refractivity contribution in [2.45, 2.75) is 18.9 Å². The van der Waals surface area contributed by atoms with Crippen LogP contribution in [0.5, 0.6) is 5.75 Å². The van der Waals surface area contributed by atoms with E-state index in [9.17, 15) is 4.79 Å². The molecule has 2 heterocycles. The Morgan fingerprint density at radius 1 is 1.15 bits per heavy atom. The van der Waals surface area contributed by atoms with E-state index in [1.54, 1.807) is 7.11 Å². The minimum atomic E-state index is 0.257. The molecule has 2 aliphatic heterocycles. The number of rotatable bonds is 5. The molecule has 0 bridgehead atoms. The summed E-state index contributed by atoms with van der Waals surface area (Å²) in [6.45, 7) is 6.38. The fraction of sp³-hybridized carbons (Fsp3) is 0.650. The van der Waals surface area contributed by atoms with E-state index in [1.807, 2.05) is 31.1 Å². The van der Waals surface area contributed by atoms with Crippen molar-refractivity contribution in [1.82, 2.24) is 14.7 Å². The number of carbonyl (C=O) groups is 1. The number of hydrogen-bond acceptors (Lipinski definition) is 5. The molecule has 0 N–H and O–H groups in total. The third kappa shape index (κ3) is 4.48. The van der Waals surface area contributed by atoms with Gasteiger partial charge in [-0.25, -0.2) is 0 Å². The third-order valence-corrected chi connectivity index (χ3v) is 5.46. The molecule has 1 aromatic rings. The number of benzene rings is 1. The predicted octanol–water partition coefficient (Wildman–Crippen LogP) is 1.37. The number of piperidine rings is 1. The Kier molecular flexibility index (Phi) is 6.38. The molecule has 6 nitrogen and oxygen atoms in total. The Bertz CT molecular complexity index is 599. The van der Waals surface area contributed by atoms with Crippen molar-refractivity contribution in [1.29, 1.82) is 0 Å². The quantitative estimate of drug-likeness (QED) is 0.793. The minimum Gasteiger partial charge on any atom is -0.495 e. The lowest BCUT2D eigenvalue weighted by Gasteiger charge is -2.44. The van der Waals surface area contributed by atoms with Gasteiger partial charge in [-0.15, -0.1) is 0 Å². The van der Waals surface area contributed by atoms with Crippen LogP contribution >= 0.6 is 0 Å². The standard InChI is InChI=1S/C20H32N4O2/c1-21(2)16-20(25)24-10-6-7-17(15-24)22-11-13-23(14-12-22)18-8-4-5-9-19(18)26-3/h4-5,8-9,17H,6-7,10-16H2,1-3H3. The SMILES string of the molecule is COc1ccccc1N1CCN(C2CCCN(C(=O)CN(C)C)C2)CC1. The van der Waals surface area contributed by atoms with Crippen molar-refractivity contribution in [3.8, 4) is 5.75 Å². The van der Waals surface area contributed by atoms with Crippen LogP contribution in [0.1, 0.15) is 12.8 Å². The van der Waals surface area contributed by atoms with Crippen LogP contribution in [0.2, 0.25) is 0 Å². The molecule has 0 aromatic heterocycles. The van der Waals surface area contributed by atoms with Gasteiger partial charge < -0.3 is 19.4 Å². The number of likely N-dealkylation sites (tertiary alicyclic amines) is 1. The maximum Gasteiger partial charge on any atom is 0.236 e. The maximum atomic E-state index is 12.4. The van der Waals surface area contributed by atoms with Gasteiger partial charge >= 0.3 is 0 Å². The number of amides is 1. The van der Waals surface area contributed by atoms with Gasteiger partial charge in [0, 0.05) is 45.3 Å². The molecule has 1 aromatic carbocycles. The van der Waals surface area contributed by atoms with E-state index in [-0.39, 0.29) is 5.91 Å². The van der Waals surface area contributed by atoms with Gasteiger partial charge in [-0.1, -0.05) is 12.1 Å². The molecule has 1 unspecified atom stereocenters. The summed E-state index contributed by atoms with van der Waals surface area (Å²) in [6, 6.07) is 8.74. The monoisotopic (exact) mass is 360 g/mol. The van der Waals surface area contributed by atoms with E-state index < -0.39 is 0 Å². The lowest BCUT2D eigenvalue weighted by molar-refractivity contribution is -0.134. The molecular weight excluding hydrogens is 328 g/mol. The van der Waals surface area contributed by atoms with Crippen molar-refractivity contribution < 1.29 is 9.53 Å². The van der Waals surface area contributed by atoms with Gasteiger partial charge in [-0.3, -0.25) is 9.69 Å². The zero-order chi connectivity index (χ0) is 18.5. The maximum absolute atomic E-state index is 12.4. The molecule has 3 rings (SSSR count). The van der Waals surface area contributed by atoms with Gasteiger partial charge in [0.1, 0.15) is 5.75 Å². The first-order valence-electron chi connectivity index (χ1n) is 9.63.